The average molecular weight is 319 g/mol. The summed E-state index contributed by atoms with van der Waals surface area (Å²) in [5.74, 6) is -0.848. The van der Waals surface area contributed by atoms with Crippen LogP contribution in [0.4, 0.5) is 8.78 Å². The van der Waals surface area contributed by atoms with Crippen LogP contribution in [-0.2, 0) is 0 Å². The summed E-state index contributed by atoms with van der Waals surface area (Å²) in [5, 5.41) is 0. The molecule has 10 heavy (non-hydrogen) atoms. The minimum Gasteiger partial charge on any atom is -0.206 e. The van der Waals surface area contributed by atoms with Crippen LogP contribution in [0.5, 0.6) is 0 Å². The van der Waals surface area contributed by atoms with E-state index in [1.807, 2.05) is 0 Å². The maximum Gasteiger partial charge on any atom is 0.138 e. The summed E-state index contributed by atoms with van der Waals surface area (Å²) in [4.78, 5) is 0. The van der Waals surface area contributed by atoms with Gasteiger partial charge in [0.2, 0.25) is 0 Å². The minimum atomic E-state index is -0.439. The highest BCUT2D eigenvalue weighted by Crippen LogP contribution is 2.24. The SMILES string of the molecule is Fc1ccc(F)c(I)c1Br. The molecule has 54 valence electrons. The van der Waals surface area contributed by atoms with E-state index in [-0.39, 0.29) is 8.04 Å². The second-order valence-electron chi connectivity index (χ2n) is 1.66. The van der Waals surface area contributed by atoms with Crippen molar-refractivity contribution in [2.45, 2.75) is 0 Å². The molecule has 0 aliphatic heterocycles. The van der Waals surface area contributed by atoms with Gasteiger partial charge in [-0.1, -0.05) is 0 Å². The largest absolute Gasteiger partial charge is 0.206 e. The molecule has 4 heteroatoms. The van der Waals surface area contributed by atoms with Crippen LogP contribution in [0.3, 0.4) is 0 Å². The molecule has 0 aliphatic carbocycles. The van der Waals surface area contributed by atoms with Crippen molar-refractivity contribution in [3.8, 4) is 0 Å². The lowest BCUT2D eigenvalue weighted by Gasteiger charge is -1.97. The van der Waals surface area contributed by atoms with Gasteiger partial charge in [0.15, 0.2) is 0 Å². The van der Waals surface area contributed by atoms with Crippen molar-refractivity contribution in [3.63, 3.8) is 0 Å². The van der Waals surface area contributed by atoms with E-state index in [1.165, 1.54) is 0 Å². The quantitative estimate of drug-likeness (QED) is 0.391. The van der Waals surface area contributed by atoms with Gasteiger partial charge in [-0.15, -0.1) is 0 Å². The smallest absolute Gasteiger partial charge is 0.138 e. The van der Waals surface area contributed by atoms with Crippen molar-refractivity contribution in [1.82, 2.24) is 0 Å². The van der Waals surface area contributed by atoms with E-state index in [0.29, 0.717) is 0 Å². The molecule has 0 aliphatic rings. The third-order valence-corrected chi connectivity index (χ3v) is 3.56. The van der Waals surface area contributed by atoms with E-state index in [4.69, 9.17) is 0 Å². The molecule has 1 rings (SSSR count). The van der Waals surface area contributed by atoms with Crippen molar-refractivity contribution >= 4 is 38.5 Å². The first-order valence-electron chi connectivity index (χ1n) is 2.42. The number of hydrogen-bond donors (Lipinski definition) is 0. The van der Waals surface area contributed by atoms with E-state index in [0.717, 1.165) is 12.1 Å². The maximum atomic E-state index is 12.6. The van der Waals surface area contributed by atoms with E-state index >= 15 is 0 Å². The summed E-state index contributed by atoms with van der Waals surface area (Å²) in [6.07, 6.45) is 0. The van der Waals surface area contributed by atoms with Gasteiger partial charge >= 0.3 is 0 Å². The van der Waals surface area contributed by atoms with Crippen molar-refractivity contribution in [2.75, 3.05) is 0 Å². The molecule has 0 aromatic heterocycles. The first kappa shape index (κ1) is 8.39. The van der Waals surface area contributed by atoms with Gasteiger partial charge in [-0.05, 0) is 50.7 Å². The summed E-state index contributed by atoms with van der Waals surface area (Å²) in [5.41, 5.74) is 0. The van der Waals surface area contributed by atoms with Crippen LogP contribution in [0, 0.1) is 15.2 Å². The molecule has 0 saturated heterocycles. The van der Waals surface area contributed by atoms with Gasteiger partial charge in [-0.2, -0.15) is 0 Å². The van der Waals surface area contributed by atoms with E-state index in [9.17, 15) is 8.78 Å². The van der Waals surface area contributed by atoms with E-state index in [2.05, 4.69) is 15.9 Å². The van der Waals surface area contributed by atoms with Crippen LogP contribution < -0.4 is 0 Å². The second-order valence-corrected chi connectivity index (χ2v) is 3.53. The summed E-state index contributed by atoms with van der Waals surface area (Å²) in [6.45, 7) is 0. The van der Waals surface area contributed by atoms with Crippen LogP contribution in [0.2, 0.25) is 0 Å². The lowest BCUT2D eigenvalue weighted by atomic mass is 10.3. The molecule has 1 aromatic rings. The molecule has 0 saturated carbocycles. The van der Waals surface area contributed by atoms with Gasteiger partial charge in [0.25, 0.3) is 0 Å². The third kappa shape index (κ3) is 1.47. The molecule has 0 spiro atoms. The van der Waals surface area contributed by atoms with Crippen molar-refractivity contribution in [2.24, 2.45) is 0 Å². The Hall–Kier alpha value is 0.290. The highest BCUT2D eigenvalue weighted by molar-refractivity contribution is 14.1. The Kier molecular flexibility index (Phi) is 2.62. The minimum absolute atomic E-state index is 0.188. The van der Waals surface area contributed by atoms with Crippen LogP contribution >= 0.6 is 38.5 Å². The lowest BCUT2D eigenvalue weighted by Crippen LogP contribution is -1.86. The molecule has 1 aromatic carbocycles. The zero-order valence-corrected chi connectivity index (χ0v) is 8.41. The number of benzene rings is 1. The van der Waals surface area contributed by atoms with Crippen molar-refractivity contribution < 1.29 is 8.78 Å². The van der Waals surface area contributed by atoms with Crippen LogP contribution in [0.1, 0.15) is 0 Å². The molecule has 0 nitrogen and oxygen atoms in total. The lowest BCUT2D eigenvalue weighted by molar-refractivity contribution is 0.588. The molecular formula is C6H2BrF2I. The Labute approximate surface area is 78.9 Å². The van der Waals surface area contributed by atoms with Gasteiger partial charge in [-0.25, -0.2) is 8.78 Å². The zero-order chi connectivity index (χ0) is 7.72. The fourth-order valence-electron chi connectivity index (χ4n) is 0.502. The standard InChI is InChI=1S/C6H2BrF2I/c7-5-3(8)1-2-4(9)6(5)10/h1-2H. The summed E-state index contributed by atoms with van der Waals surface area (Å²) < 4.78 is 25.6. The first-order valence-corrected chi connectivity index (χ1v) is 4.29. The van der Waals surface area contributed by atoms with Crippen LogP contribution in [-0.4, -0.2) is 0 Å². The van der Waals surface area contributed by atoms with Crippen molar-refractivity contribution in [1.29, 1.82) is 0 Å². The number of hydrogen-bond acceptors (Lipinski definition) is 0. The predicted octanol–water partition coefficient (Wildman–Crippen LogP) is 3.33. The molecule has 0 atom stereocenters. The fraction of sp³-hybridized carbons (Fsp3) is 0. The van der Waals surface area contributed by atoms with Gasteiger partial charge in [-0.3, -0.25) is 0 Å². The van der Waals surface area contributed by atoms with Gasteiger partial charge in [0, 0.05) is 0 Å². The molecule has 0 unspecified atom stereocenters. The summed E-state index contributed by atoms with van der Waals surface area (Å²) >= 11 is 4.64. The molecule has 0 radical (unpaired) electrons. The Morgan fingerprint density at radius 3 is 2.20 bits per heavy atom. The Balaban J connectivity index is 3.34. The Bertz CT molecular complexity index is 235. The predicted molar refractivity (Wildman–Crippen MR) is 46.8 cm³/mol. The first-order chi connectivity index (χ1) is 4.63. The molecular weight excluding hydrogens is 317 g/mol. The maximum absolute atomic E-state index is 12.6. The normalized spacial score (nSPS) is 10.0. The second kappa shape index (κ2) is 3.13. The summed E-state index contributed by atoms with van der Waals surface area (Å²) in [6, 6.07) is 2.18. The molecule has 0 bridgehead atoms. The highest BCUT2D eigenvalue weighted by Gasteiger charge is 2.06. The number of rotatable bonds is 0. The Morgan fingerprint density at radius 2 is 1.70 bits per heavy atom. The molecule has 0 N–H and O–H groups in total. The molecule has 0 heterocycles. The fourth-order valence-corrected chi connectivity index (χ4v) is 1.26. The average Bonchev–Trinajstić information content (AvgIpc) is 1.93. The van der Waals surface area contributed by atoms with Crippen LogP contribution in [0.15, 0.2) is 16.6 Å². The number of halogens is 4. The molecule has 0 amide bonds. The third-order valence-electron chi connectivity index (χ3n) is 0.988. The monoisotopic (exact) mass is 318 g/mol. The van der Waals surface area contributed by atoms with E-state index in [1.54, 1.807) is 22.6 Å². The summed E-state index contributed by atoms with van der Waals surface area (Å²) in [7, 11) is 0. The zero-order valence-electron chi connectivity index (χ0n) is 4.67. The van der Waals surface area contributed by atoms with Gasteiger partial charge in [0.1, 0.15) is 11.6 Å². The highest BCUT2D eigenvalue weighted by atomic mass is 127. The van der Waals surface area contributed by atoms with Gasteiger partial charge in [0.05, 0.1) is 8.04 Å². The van der Waals surface area contributed by atoms with Crippen LogP contribution in [0.25, 0.3) is 0 Å². The van der Waals surface area contributed by atoms with Crippen molar-refractivity contribution in [3.05, 3.63) is 31.8 Å². The Morgan fingerprint density at radius 1 is 1.20 bits per heavy atom. The van der Waals surface area contributed by atoms with Gasteiger partial charge < -0.3 is 0 Å². The van der Waals surface area contributed by atoms with E-state index < -0.39 is 11.6 Å². The topological polar surface area (TPSA) is 0 Å². The molecule has 0 fully saturated rings.